The SMILES string of the molecule is CCC(CC)CCC(O)C=CC1C(O)CC2C1CC21OCCO1. The topological polar surface area (TPSA) is 58.9 Å². The van der Waals surface area contributed by atoms with Gasteiger partial charge in [-0.05, 0) is 31.1 Å². The highest BCUT2D eigenvalue weighted by molar-refractivity contribution is 5.14. The van der Waals surface area contributed by atoms with E-state index in [9.17, 15) is 10.2 Å². The van der Waals surface area contributed by atoms with Gasteiger partial charge in [0.05, 0.1) is 25.4 Å². The number of fused-ring (bicyclic) bond motifs is 2. The molecule has 3 aliphatic rings. The molecule has 1 heterocycles. The lowest BCUT2D eigenvalue weighted by atomic mass is 9.67. The number of aliphatic hydroxyl groups excluding tert-OH is 2. The van der Waals surface area contributed by atoms with Crippen molar-refractivity contribution in [2.75, 3.05) is 13.2 Å². The van der Waals surface area contributed by atoms with Crippen molar-refractivity contribution in [3.8, 4) is 0 Å². The molecule has 0 aromatic carbocycles. The molecule has 1 saturated heterocycles. The van der Waals surface area contributed by atoms with E-state index in [0.29, 0.717) is 31.0 Å². The van der Waals surface area contributed by atoms with E-state index in [0.717, 1.165) is 25.7 Å². The van der Waals surface area contributed by atoms with E-state index in [-0.39, 0.29) is 12.0 Å². The van der Waals surface area contributed by atoms with E-state index in [2.05, 4.69) is 19.9 Å². The Hall–Kier alpha value is -0.420. The molecular formula is C19H32O4. The third-order valence-electron chi connectivity index (χ3n) is 6.39. The van der Waals surface area contributed by atoms with Gasteiger partial charge in [-0.1, -0.05) is 38.8 Å². The van der Waals surface area contributed by atoms with Gasteiger partial charge in [0, 0.05) is 18.3 Å². The fourth-order valence-corrected chi connectivity index (χ4v) is 4.78. The molecule has 2 saturated carbocycles. The second kappa shape index (κ2) is 7.22. The average molecular weight is 324 g/mol. The highest BCUT2D eigenvalue weighted by Crippen LogP contribution is 2.60. The van der Waals surface area contributed by atoms with Gasteiger partial charge >= 0.3 is 0 Å². The van der Waals surface area contributed by atoms with Crippen LogP contribution in [-0.4, -0.2) is 41.4 Å². The van der Waals surface area contributed by atoms with Crippen LogP contribution in [0.4, 0.5) is 0 Å². The van der Waals surface area contributed by atoms with E-state index < -0.39 is 11.9 Å². The zero-order valence-corrected chi connectivity index (χ0v) is 14.5. The maximum atomic E-state index is 10.4. The maximum Gasteiger partial charge on any atom is 0.171 e. The van der Waals surface area contributed by atoms with Gasteiger partial charge in [0.2, 0.25) is 0 Å². The van der Waals surface area contributed by atoms with Gasteiger partial charge in [0.15, 0.2) is 5.79 Å². The van der Waals surface area contributed by atoms with Crippen LogP contribution in [0.3, 0.4) is 0 Å². The van der Waals surface area contributed by atoms with Crippen LogP contribution in [0, 0.1) is 23.7 Å². The summed E-state index contributed by atoms with van der Waals surface area (Å²) in [6.07, 6.45) is 9.11. The second-order valence-corrected chi connectivity index (χ2v) is 7.58. The van der Waals surface area contributed by atoms with Gasteiger partial charge in [-0.15, -0.1) is 0 Å². The fourth-order valence-electron chi connectivity index (χ4n) is 4.78. The molecule has 0 radical (unpaired) electrons. The summed E-state index contributed by atoms with van der Waals surface area (Å²) in [5.41, 5.74) is 0. The molecule has 3 rings (SSSR count). The Morgan fingerprint density at radius 2 is 1.87 bits per heavy atom. The summed E-state index contributed by atoms with van der Waals surface area (Å²) in [4.78, 5) is 0. The fraction of sp³-hybridized carbons (Fsp3) is 0.895. The van der Waals surface area contributed by atoms with Crippen molar-refractivity contribution in [3.63, 3.8) is 0 Å². The van der Waals surface area contributed by atoms with E-state index in [1.165, 1.54) is 12.8 Å². The first-order valence-corrected chi connectivity index (χ1v) is 9.42. The van der Waals surface area contributed by atoms with Crippen molar-refractivity contribution >= 4 is 0 Å². The van der Waals surface area contributed by atoms with Crippen LogP contribution in [-0.2, 0) is 9.47 Å². The molecule has 23 heavy (non-hydrogen) atoms. The second-order valence-electron chi connectivity index (χ2n) is 7.58. The number of aliphatic hydroxyl groups is 2. The van der Waals surface area contributed by atoms with Gasteiger partial charge in [-0.25, -0.2) is 0 Å². The summed E-state index contributed by atoms with van der Waals surface area (Å²) in [6.45, 7) is 5.78. The molecule has 0 aromatic rings. The van der Waals surface area contributed by atoms with Crippen molar-refractivity contribution in [3.05, 3.63) is 12.2 Å². The molecule has 0 bridgehead atoms. The van der Waals surface area contributed by atoms with Crippen LogP contribution >= 0.6 is 0 Å². The van der Waals surface area contributed by atoms with Crippen molar-refractivity contribution in [1.82, 2.24) is 0 Å². The number of hydrogen-bond donors (Lipinski definition) is 2. The maximum absolute atomic E-state index is 10.4. The summed E-state index contributed by atoms with van der Waals surface area (Å²) in [5, 5.41) is 20.6. The van der Waals surface area contributed by atoms with Gasteiger partial charge in [-0.2, -0.15) is 0 Å². The van der Waals surface area contributed by atoms with Crippen LogP contribution in [0.5, 0.6) is 0 Å². The zero-order chi connectivity index (χ0) is 16.4. The molecule has 1 aliphatic heterocycles. The highest BCUT2D eigenvalue weighted by atomic mass is 16.7. The molecule has 5 atom stereocenters. The summed E-state index contributed by atoms with van der Waals surface area (Å²) in [6, 6.07) is 0. The molecule has 4 nitrogen and oxygen atoms in total. The molecule has 1 spiro atoms. The van der Waals surface area contributed by atoms with Crippen molar-refractivity contribution < 1.29 is 19.7 Å². The Morgan fingerprint density at radius 1 is 1.17 bits per heavy atom. The molecule has 2 N–H and O–H groups in total. The first-order chi connectivity index (χ1) is 11.1. The van der Waals surface area contributed by atoms with Gasteiger partial charge in [0.25, 0.3) is 0 Å². The van der Waals surface area contributed by atoms with Crippen molar-refractivity contribution in [2.24, 2.45) is 23.7 Å². The molecular weight excluding hydrogens is 292 g/mol. The smallest absolute Gasteiger partial charge is 0.171 e. The molecule has 4 heteroatoms. The van der Waals surface area contributed by atoms with Crippen LogP contribution in [0.25, 0.3) is 0 Å². The Balaban J connectivity index is 1.50. The standard InChI is InChI=1S/C19H32O4/c1-3-13(4-2)5-6-14(20)7-8-15-16-12-19(22-9-10-23-19)17(16)11-18(15)21/h7-8,13-18,20-21H,3-6,9-12H2,1-2H3. The van der Waals surface area contributed by atoms with Crippen LogP contribution in [0.2, 0.25) is 0 Å². The first kappa shape index (κ1) is 17.4. The minimum absolute atomic E-state index is 0.140. The van der Waals surface area contributed by atoms with Crippen molar-refractivity contribution in [2.45, 2.75) is 70.4 Å². The lowest BCUT2D eigenvalue weighted by Gasteiger charge is -2.49. The third kappa shape index (κ3) is 3.37. The minimum Gasteiger partial charge on any atom is -0.392 e. The average Bonchev–Trinajstić information content (AvgIpc) is 3.12. The van der Waals surface area contributed by atoms with Crippen LogP contribution in [0.15, 0.2) is 12.2 Å². The molecule has 5 unspecified atom stereocenters. The van der Waals surface area contributed by atoms with E-state index in [4.69, 9.17) is 9.47 Å². The Kier molecular flexibility index (Phi) is 5.46. The largest absolute Gasteiger partial charge is 0.392 e. The summed E-state index contributed by atoms with van der Waals surface area (Å²) in [7, 11) is 0. The van der Waals surface area contributed by atoms with Gasteiger partial charge in [-0.3, -0.25) is 0 Å². The molecule has 2 aliphatic carbocycles. The third-order valence-corrected chi connectivity index (χ3v) is 6.39. The molecule has 3 fully saturated rings. The van der Waals surface area contributed by atoms with E-state index in [1.54, 1.807) is 0 Å². The van der Waals surface area contributed by atoms with E-state index in [1.807, 2.05) is 6.08 Å². The highest BCUT2D eigenvalue weighted by Gasteiger charge is 2.64. The molecule has 0 aromatic heterocycles. The predicted octanol–water partition coefficient (Wildman–Crippen LogP) is 2.88. The number of ether oxygens (including phenoxy) is 2. The van der Waals surface area contributed by atoms with Gasteiger partial charge < -0.3 is 19.7 Å². The molecule has 132 valence electrons. The lowest BCUT2D eigenvalue weighted by Crippen LogP contribution is -2.53. The normalized spacial score (nSPS) is 36.7. The van der Waals surface area contributed by atoms with E-state index >= 15 is 0 Å². The summed E-state index contributed by atoms with van der Waals surface area (Å²) < 4.78 is 11.6. The summed E-state index contributed by atoms with van der Waals surface area (Å²) >= 11 is 0. The molecule has 0 amide bonds. The van der Waals surface area contributed by atoms with Crippen molar-refractivity contribution in [1.29, 1.82) is 0 Å². The minimum atomic E-state index is -0.400. The Bertz CT molecular complexity index is 412. The lowest BCUT2D eigenvalue weighted by molar-refractivity contribution is -0.270. The zero-order valence-electron chi connectivity index (χ0n) is 14.5. The first-order valence-electron chi connectivity index (χ1n) is 9.42. The van der Waals surface area contributed by atoms with Crippen LogP contribution < -0.4 is 0 Å². The van der Waals surface area contributed by atoms with Crippen LogP contribution in [0.1, 0.15) is 52.4 Å². The summed E-state index contributed by atoms with van der Waals surface area (Å²) in [5.74, 6) is 1.20. The number of hydrogen-bond acceptors (Lipinski definition) is 4. The van der Waals surface area contributed by atoms with Gasteiger partial charge in [0.1, 0.15) is 0 Å². The quantitative estimate of drug-likeness (QED) is 0.707. The predicted molar refractivity (Wildman–Crippen MR) is 88.8 cm³/mol. The monoisotopic (exact) mass is 324 g/mol. The Labute approximate surface area is 139 Å². The Morgan fingerprint density at radius 3 is 2.52 bits per heavy atom. The number of rotatable bonds is 7.